The van der Waals surface area contributed by atoms with E-state index in [-0.39, 0.29) is 17.4 Å². The summed E-state index contributed by atoms with van der Waals surface area (Å²) in [6.45, 7) is 1.19. The Labute approximate surface area is 165 Å². The van der Waals surface area contributed by atoms with E-state index in [0.717, 1.165) is 25.0 Å². The van der Waals surface area contributed by atoms with Crippen LogP contribution in [0.4, 0.5) is 5.69 Å². The Balaban J connectivity index is 1.67. The molecule has 1 aromatic heterocycles. The summed E-state index contributed by atoms with van der Waals surface area (Å²) in [4.78, 5) is 28.3. The Hall–Kier alpha value is -2.71. The number of hydrogen-bond acceptors (Lipinski definition) is 6. The van der Waals surface area contributed by atoms with Gasteiger partial charge in [0.2, 0.25) is 0 Å². The molecule has 2 aromatic carbocycles. The average Bonchev–Trinajstić information content (AvgIpc) is 3.22. The van der Waals surface area contributed by atoms with Gasteiger partial charge >= 0.3 is 0 Å². The van der Waals surface area contributed by atoms with E-state index in [9.17, 15) is 14.9 Å². The molecule has 2 heterocycles. The number of para-hydroxylation sites is 1. The Bertz CT molecular complexity index is 1080. The van der Waals surface area contributed by atoms with Gasteiger partial charge in [0.05, 0.1) is 28.5 Å². The van der Waals surface area contributed by atoms with Gasteiger partial charge in [-0.3, -0.25) is 19.5 Å². The lowest BCUT2D eigenvalue weighted by Gasteiger charge is -2.16. The second-order valence-electron chi connectivity index (χ2n) is 6.68. The lowest BCUT2D eigenvalue weighted by atomic mass is 10.2. The van der Waals surface area contributed by atoms with E-state index in [4.69, 9.17) is 4.74 Å². The maximum absolute atomic E-state index is 13.1. The van der Waals surface area contributed by atoms with Crippen molar-refractivity contribution < 1.29 is 9.66 Å². The molecule has 0 amide bonds. The van der Waals surface area contributed by atoms with Crippen LogP contribution in [0.5, 0.6) is 0 Å². The van der Waals surface area contributed by atoms with Crippen LogP contribution in [0, 0.1) is 10.1 Å². The molecule has 1 aliphatic heterocycles. The molecule has 3 aromatic rings. The van der Waals surface area contributed by atoms with Crippen LogP contribution in [-0.2, 0) is 17.0 Å². The standard InChI is InChI=1S/C20H19N3O4S/c24-19-17-8-1-2-9-18(17)21-20(22(19)12-16-7-4-10-27-16)28-13-14-5-3-6-15(11-14)23(25)26/h1-3,5-6,8-9,11,16H,4,7,10,12-13H2/t16-/m1/s1. The quantitative estimate of drug-likeness (QED) is 0.272. The molecule has 0 radical (unpaired) electrons. The number of benzene rings is 2. The van der Waals surface area contributed by atoms with Crippen molar-refractivity contribution in [1.29, 1.82) is 0 Å². The highest BCUT2D eigenvalue weighted by molar-refractivity contribution is 7.98. The fourth-order valence-electron chi connectivity index (χ4n) is 3.32. The highest BCUT2D eigenvalue weighted by Gasteiger charge is 2.20. The number of non-ortho nitro benzene ring substituents is 1. The van der Waals surface area contributed by atoms with Crippen molar-refractivity contribution in [1.82, 2.24) is 9.55 Å². The molecule has 8 heteroatoms. The van der Waals surface area contributed by atoms with Crippen molar-refractivity contribution in [2.75, 3.05) is 6.61 Å². The number of rotatable bonds is 6. The number of nitrogens with zero attached hydrogens (tertiary/aromatic N) is 3. The van der Waals surface area contributed by atoms with Crippen LogP contribution in [0.15, 0.2) is 58.5 Å². The van der Waals surface area contributed by atoms with Crippen molar-refractivity contribution in [3.05, 3.63) is 74.6 Å². The predicted octanol–water partition coefficient (Wildman–Crippen LogP) is 3.78. The fraction of sp³-hybridized carbons (Fsp3) is 0.300. The molecule has 0 spiro atoms. The van der Waals surface area contributed by atoms with Crippen LogP contribution in [0.2, 0.25) is 0 Å². The van der Waals surface area contributed by atoms with Gasteiger partial charge in [0.15, 0.2) is 5.16 Å². The maximum atomic E-state index is 13.1. The molecule has 1 saturated heterocycles. The highest BCUT2D eigenvalue weighted by atomic mass is 32.2. The Morgan fingerprint density at radius 3 is 2.89 bits per heavy atom. The third-order valence-electron chi connectivity index (χ3n) is 4.73. The van der Waals surface area contributed by atoms with Crippen molar-refractivity contribution >= 4 is 28.4 Å². The van der Waals surface area contributed by atoms with Gasteiger partial charge < -0.3 is 4.74 Å². The molecule has 4 rings (SSSR count). The first kappa shape index (κ1) is 18.6. The number of ether oxygens (including phenoxy) is 1. The number of nitro groups is 1. The molecule has 0 N–H and O–H groups in total. The van der Waals surface area contributed by atoms with E-state index in [1.165, 1.54) is 17.8 Å². The summed E-state index contributed by atoms with van der Waals surface area (Å²) in [5.41, 5.74) is 1.44. The second kappa shape index (κ2) is 8.12. The third-order valence-corrected chi connectivity index (χ3v) is 5.77. The molecule has 28 heavy (non-hydrogen) atoms. The zero-order chi connectivity index (χ0) is 19.5. The largest absolute Gasteiger partial charge is 0.376 e. The molecule has 0 saturated carbocycles. The summed E-state index contributed by atoms with van der Waals surface area (Å²) in [6.07, 6.45) is 1.93. The smallest absolute Gasteiger partial charge is 0.269 e. The molecule has 0 aliphatic carbocycles. The van der Waals surface area contributed by atoms with E-state index in [1.807, 2.05) is 24.3 Å². The summed E-state index contributed by atoms with van der Waals surface area (Å²) in [5.74, 6) is 0.484. The number of fused-ring (bicyclic) bond motifs is 1. The normalized spacial score (nSPS) is 16.5. The zero-order valence-electron chi connectivity index (χ0n) is 15.1. The molecule has 0 unspecified atom stereocenters. The minimum absolute atomic E-state index is 0.0119. The first-order valence-corrected chi connectivity index (χ1v) is 10.1. The van der Waals surface area contributed by atoms with Crippen molar-refractivity contribution in [2.45, 2.75) is 36.4 Å². The first-order chi connectivity index (χ1) is 13.6. The number of nitro benzene ring substituents is 1. The van der Waals surface area contributed by atoms with Crippen molar-refractivity contribution in [3.8, 4) is 0 Å². The SMILES string of the molecule is O=c1c2ccccc2nc(SCc2cccc([N+](=O)[O-])c2)n1C[C@H]1CCCO1. The first-order valence-electron chi connectivity index (χ1n) is 9.09. The van der Waals surface area contributed by atoms with Gasteiger partial charge in [-0.15, -0.1) is 0 Å². The molecule has 1 fully saturated rings. The number of thioether (sulfide) groups is 1. The summed E-state index contributed by atoms with van der Waals surface area (Å²) >= 11 is 1.41. The lowest BCUT2D eigenvalue weighted by Crippen LogP contribution is -2.28. The molecular weight excluding hydrogens is 378 g/mol. The Morgan fingerprint density at radius 1 is 1.25 bits per heavy atom. The van der Waals surface area contributed by atoms with Crippen LogP contribution in [0.3, 0.4) is 0 Å². The molecule has 1 atom stereocenters. The summed E-state index contributed by atoms with van der Waals surface area (Å²) < 4.78 is 7.39. The molecular formula is C20H19N3O4S. The van der Waals surface area contributed by atoms with Gasteiger partial charge in [-0.25, -0.2) is 4.98 Å². The van der Waals surface area contributed by atoms with Crippen LogP contribution >= 0.6 is 11.8 Å². The van der Waals surface area contributed by atoms with E-state index in [0.29, 0.717) is 28.4 Å². The Kier molecular flexibility index (Phi) is 5.40. The van der Waals surface area contributed by atoms with Gasteiger partial charge in [-0.2, -0.15) is 0 Å². The second-order valence-corrected chi connectivity index (χ2v) is 7.62. The minimum atomic E-state index is -0.407. The van der Waals surface area contributed by atoms with Gasteiger partial charge in [-0.1, -0.05) is 36.0 Å². The van der Waals surface area contributed by atoms with Gasteiger partial charge in [0.1, 0.15) is 0 Å². The monoisotopic (exact) mass is 397 g/mol. The molecule has 1 aliphatic rings. The summed E-state index contributed by atoms with van der Waals surface area (Å²) in [6, 6.07) is 13.8. The molecule has 144 valence electrons. The number of hydrogen-bond donors (Lipinski definition) is 0. The van der Waals surface area contributed by atoms with E-state index >= 15 is 0 Å². The van der Waals surface area contributed by atoms with Crippen LogP contribution < -0.4 is 5.56 Å². The number of aromatic nitrogens is 2. The third kappa shape index (κ3) is 3.93. The lowest BCUT2D eigenvalue weighted by molar-refractivity contribution is -0.384. The van der Waals surface area contributed by atoms with Crippen LogP contribution in [0.25, 0.3) is 10.9 Å². The van der Waals surface area contributed by atoms with Gasteiger partial charge in [-0.05, 0) is 30.5 Å². The Morgan fingerprint density at radius 2 is 2.11 bits per heavy atom. The fourth-order valence-corrected chi connectivity index (χ4v) is 4.27. The molecule has 0 bridgehead atoms. The van der Waals surface area contributed by atoms with Crippen LogP contribution in [-0.4, -0.2) is 27.2 Å². The van der Waals surface area contributed by atoms with E-state index in [2.05, 4.69) is 4.98 Å². The van der Waals surface area contributed by atoms with E-state index < -0.39 is 4.92 Å². The maximum Gasteiger partial charge on any atom is 0.269 e. The minimum Gasteiger partial charge on any atom is -0.376 e. The molecule has 7 nitrogen and oxygen atoms in total. The zero-order valence-corrected chi connectivity index (χ0v) is 15.9. The highest BCUT2D eigenvalue weighted by Crippen LogP contribution is 2.25. The van der Waals surface area contributed by atoms with Gasteiger partial charge in [0.25, 0.3) is 11.2 Å². The predicted molar refractivity (Wildman–Crippen MR) is 108 cm³/mol. The average molecular weight is 397 g/mol. The topological polar surface area (TPSA) is 87.3 Å². The van der Waals surface area contributed by atoms with Crippen molar-refractivity contribution in [2.24, 2.45) is 0 Å². The van der Waals surface area contributed by atoms with Crippen LogP contribution in [0.1, 0.15) is 18.4 Å². The summed E-state index contributed by atoms with van der Waals surface area (Å²) in [5, 5.41) is 12.2. The van der Waals surface area contributed by atoms with Crippen molar-refractivity contribution in [3.63, 3.8) is 0 Å². The van der Waals surface area contributed by atoms with E-state index in [1.54, 1.807) is 22.8 Å². The summed E-state index contributed by atoms with van der Waals surface area (Å²) in [7, 11) is 0. The van der Waals surface area contributed by atoms with Gasteiger partial charge in [0, 0.05) is 24.5 Å².